The molecule has 0 unspecified atom stereocenters. The lowest BCUT2D eigenvalue weighted by molar-refractivity contribution is 0.638. The topological polar surface area (TPSA) is 71.2 Å². The van der Waals surface area contributed by atoms with Gasteiger partial charge in [-0.2, -0.15) is 5.10 Å². The van der Waals surface area contributed by atoms with Crippen LogP contribution in [0, 0.1) is 6.92 Å². The molecule has 3 heterocycles. The zero-order chi connectivity index (χ0) is 13.9. The molecule has 0 radical (unpaired) electrons. The summed E-state index contributed by atoms with van der Waals surface area (Å²) in [5.74, 6) is 1.93. The van der Waals surface area contributed by atoms with E-state index in [2.05, 4.69) is 31.0 Å². The van der Waals surface area contributed by atoms with E-state index < -0.39 is 0 Å². The first-order valence-electron chi connectivity index (χ1n) is 6.73. The van der Waals surface area contributed by atoms with Crippen molar-refractivity contribution < 1.29 is 0 Å². The third kappa shape index (κ3) is 2.64. The van der Waals surface area contributed by atoms with Gasteiger partial charge in [-0.25, -0.2) is 4.98 Å². The molecule has 0 atom stereocenters. The molecule has 3 rings (SSSR count). The Labute approximate surface area is 118 Å². The van der Waals surface area contributed by atoms with Crippen LogP contribution in [0.2, 0.25) is 0 Å². The van der Waals surface area contributed by atoms with Crippen LogP contribution in [-0.2, 0) is 0 Å². The molecule has 0 spiro atoms. The van der Waals surface area contributed by atoms with E-state index in [0.717, 1.165) is 43.4 Å². The third-order valence-electron chi connectivity index (χ3n) is 3.48. The molecule has 2 aromatic heterocycles. The van der Waals surface area contributed by atoms with Crippen molar-refractivity contribution in [1.82, 2.24) is 15.2 Å². The first kappa shape index (κ1) is 12.7. The molecule has 6 nitrogen and oxygen atoms in total. The van der Waals surface area contributed by atoms with Crippen molar-refractivity contribution in [3.05, 3.63) is 36.2 Å². The van der Waals surface area contributed by atoms with Gasteiger partial charge in [0.05, 0.1) is 18.1 Å². The van der Waals surface area contributed by atoms with Gasteiger partial charge in [-0.1, -0.05) is 0 Å². The highest BCUT2D eigenvalue weighted by Gasteiger charge is 2.19. The summed E-state index contributed by atoms with van der Waals surface area (Å²) in [7, 11) is 0. The third-order valence-corrected chi connectivity index (χ3v) is 3.48. The summed E-state index contributed by atoms with van der Waals surface area (Å²) < 4.78 is 0. The van der Waals surface area contributed by atoms with Crippen molar-refractivity contribution in [3.63, 3.8) is 0 Å². The Morgan fingerprint density at radius 2 is 1.70 bits per heavy atom. The van der Waals surface area contributed by atoms with Crippen molar-refractivity contribution in [2.24, 2.45) is 0 Å². The van der Waals surface area contributed by atoms with Gasteiger partial charge in [0.25, 0.3) is 0 Å². The lowest BCUT2D eigenvalue weighted by Gasteiger charge is -2.35. The Morgan fingerprint density at radius 1 is 1.00 bits per heavy atom. The minimum absolute atomic E-state index is 0.697. The van der Waals surface area contributed by atoms with Gasteiger partial charge >= 0.3 is 0 Å². The predicted molar refractivity (Wildman–Crippen MR) is 79.8 cm³/mol. The molecule has 1 aliphatic heterocycles. The number of nitrogens with two attached hydrogens (primary N) is 1. The van der Waals surface area contributed by atoms with E-state index in [1.807, 2.05) is 19.1 Å². The summed E-state index contributed by atoms with van der Waals surface area (Å²) in [5.41, 5.74) is 7.50. The first-order valence-corrected chi connectivity index (χ1v) is 6.73. The SMILES string of the molecule is Cc1cnnc(N2CCN(c3ccc(N)cn3)CC2)c1. The smallest absolute Gasteiger partial charge is 0.151 e. The van der Waals surface area contributed by atoms with Crippen molar-refractivity contribution in [1.29, 1.82) is 0 Å². The molecule has 104 valence electrons. The zero-order valence-corrected chi connectivity index (χ0v) is 11.5. The van der Waals surface area contributed by atoms with Gasteiger partial charge in [0.15, 0.2) is 5.82 Å². The number of aromatic nitrogens is 3. The normalized spacial score (nSPS) is 15.4. The van der Waals surface area contributed by atoms with Crippen LogP contribution in [0.15, 0.2) is 30.6 Å². The molecule has 20 heavy (non-hydrogen) atoms. The Bertz CT molecular complexity index is 574. The van der Waals surface area contributed by atoms with Crippen LogP contribution < -0.4 is 15.5 Å². The van der Waals surface area contributed by atoms with E-state index >= 15 is 0 Å². The van der Waals surface area contributed by atoms with E-state index in [4.69, 9.17) is 5.73 Å². The molecule has 2 N–H and O–H groups in total. The highest BCUT2D eigenvalue weighted by Crippen LogP contribution is 2.18. The number of nitrogens with zero attached hydrogens (tertiary/aromatic N) is 5. The number of hydrogen-bond donors (Lipinski definition) is 1. The fourth-order valence-electron chi connectivity index (χ4n) is 2.35. The maximum Gasteiger partial charge on any atom is 0.151 e. The fourth-order valence-corrected chi connectivity index (χ4v) is 2.35. The minimum atomic E-state index is 0.697. The average Bonchev–Trinajstić information content (AvgIpc) is 2.48. The molecular weight excluding hydrogens is 252 g/mol. The second kappa shape index (κ2) is 5.32. The molecule has 1 saturated heterocycles. The quantitative estimate of drug-likeness (QED) is 0.880. The number of hydrogen-bond acceptors (Lipinski definition) is 6. The molecule has 2 aromatic rings. The average molecular weight is 270 g/mol. The standard InChI is InChI=1S/C14H18N6/c1-11-8-14(18-17-9-11)20-6-4-19(5-7-20)13-3-2-12(15)10-16-13/h2-3,8-10H,4-7,15H2,1H3. The maximum atomic E-state index is 5.66. The fraction of sp³-hybridized carbons (Fsp3) is 0.357. The van der Waals surface area contributed by atoms with Crippen molar-refractivity contribution in [3.8, 4) is 0 Å². The molecule has 0 bridgehead atoms. The molecule has 1 aliphatic rings. The number of pyridine rings is 1. The van der Waals surface area contributed by atoms with Crippen molar-refractivity contribution in [2.75, 3.05) is 41.7 Å². The second-order valence-corrected chi connectivity index (χ2v) is 5.01. The second-order valence-electron chi connectivity index (χ2n) is 5.01. The first-order chi connectivity index (χ1) is 9.72. The van der Waals surface area contributed by atoms with Gasteiger partial charge < -0.3 is 15.5 Å². The van der Waals surface area contributed by atoms with Crippen LogP contribution in [0.4, 0.5) is 17.3 Å². The summed E-state index contributed by atoms with van der Waals surface area (Å²) in [6.45, 7) is 5.72. The van der Waals surface area contributed by atoms with E-state index in [0.29, 0.717) is 5.69 Å². The molecule has 0 saturated carbocycles. The van der Waals surface area contributed by atoms with E-state index in [-0.39, 0.29) is 0 Å². The summed E-state index contributed by atoms with van der Waals surface area (Å²) in [4.78, 5) is 8.89. The molecule has 0 aromatic carbocycles. The van der Waals surface area contributed by atoms with Gasteiger partial charge in [0.1, 0.15) is 5.82 Å². The number of nitrogen functional groups attached to an aromatic ring is 1. The van der Waals surface area contributed by atoms with Crippen LogP contribution in [0.1, 0.15) is 5.56 Å². The van der Waals surface area contributed by atoms with Gasteiger partial charge in [0.2, 0.25) is 0 Å². The Balaban J connectivity index is 1.66. The molecule has 6 heteroatoms. The maximum absolute atomic E-state index is 5.66. The number of aryl methyl sites for hydroxylation is 1. The van der Waals surface area contributed by atoms with E-state index in [1.54, 1.807) is 12.4 Å². The molecular formula is C14H18N6. The minimum Gasteiger partial charge on any atom is -0.397 e. The van der Waals surface area contributed by atoms with Crippen LogP contribution >= 0.6 is 0 Å². The van der Waals surface area contributed by atoms with Crippen molar-refractivity contribution in [2.45, 2.75) is 6.92 Å². The molecule has 0 aliphatic carbocycles. The number of anilines is 3. The van der Waals surface area contributed by atoms with Crippen LogP contribution in [-0.4, -0.2) is 41.4 Å². The Hall–Kier alpha value is -2.37. The van der Waals surface area contributed by atoms with Gasteiger partial charge in [-0.3, -0.25) is 0 Å². The van der Waals surface area contributed by atoms with Gasteiger partial charge in [-0.15, -0.1) is 5.10 Å². The number of rotatable bonds is 2. The van der Waals surface area contributed by atoms with Crippen LogP contribution in [0.25, 0.3) is 0 Å². The van der Waals surface area contributed by atoms with E-state index in [1.165, 1.54) is 0 Å². The number of piperazine rings is 1. The molecule has 0 amide bonds. The van der Waals surface area contributed by atoms with Gasteiger partial charge in [-0.05, 0) is 30.7 Å². The van der Waals surface area contributed by atoms with Crippen molar-refractivity contribution >= 4 is 17.3 Å². The highest BCUT2D eigenvalue weighted by atomic mass is 15.3. The molecule has 1 fully saturated rings. The monoisotopic (exact) mass is 270 g/mol. The van der Waals surface area contributed by atoms with Gasteiger partial charge in [0, 0.05) is 26.2 Å². The summed E-state index contributed by atoms with van der Waals surface area (Å²) >= 11 is 0. The largest absolute Gasteiger partial charge is 0.397 e. The summed E-state index contributed by atoms with van der Waals surface area (Å²) in [6.07, 6.45) is 3.48. The van der Waals surface area contributed by atoms with Crippen LogP contribution in [0.5, 0.6) is 0 Å². The van der Waals surface area contributed by atoms with E-state index in [9.17, 15) is 0 Å². The Kier molecular flexibility index (Phi) is 3.37. The summed E-state index contributed by atoms with van der Waals surface area (Å²) in [6, 6.07) is 5.93. The predicted octanol–water partition coefficient (Wildman–Crippen LogP) is 1.09. The lowest BCUT2D eigenvalue weighted by atomic mass is 10.2. The van der Waals surface area contributed by atoms with Crippen LogP contribution in [0.3, 0.4) is 0 Å². The summed E-state index contributed by atoms with van der Waals surface area (Å²) in [5, 5.41) is 8.21. The zero-order valence-electron chi connectivity index (χ0n) is 11.5. The lowest BCUT2D eigenvalue weighted by Crippen LogP contribution is -2.47. The Morgan fingerprint density at radius 3 is 2.30 bits per heavy atom. The highest BCUT2D eigenvalue weighted by molar-refractivity contribution is 5.48.